The molecule has 2 heterocycles. The fourth-order valence-corrected chi connectivity index (χ4v) is 3.13. The van der Waals surface area contributed by atoms with Gasteiger partial charge in [-0.2, -0.15) is 0 Å². The van der Waals surface area contributed by atoms with E-state index in [-0.39, 0.29) is 11.8 Å². The molecule has 1 N–H and O–H groups in total. The molecule has 0 spiro atoms. The third kappa shape index (κ3) is 4.47. The fraction of sp³-hybridized carbons (Fsp3) is 0.368. The molecule has 0 aliphatic carbocycles. The maximum Gasteiger partial charge on any atom is 0.321 e. The third-order valence-corrected chi connectivity index (χ3v) is 4.55. The van der Waals surface area contributed by atoms with Crippen LogP contribution in [0, 0.1) is 11.7 Å². The summed E-state index contributed by atoms with van der Waals surface area (Å²) in [6.07, 6.45) is 6.62. The highest BCUT2D eigenvalue weighted by molar-refractivity contribution is 5.89. The molecule has 1 aliphatic heterocycles. The highest BCUT2D eigenvalue weighted by atomic mass is 19.1. The first-order valence-corrected chi connectivity index (χ1v) is 8.44. The fourth-order valence-electron chi connectivity index (χ4n) is 3.13. The van der Waals surface area contributed by atoms with Gasteiger partial charge in [-0.15, -0.1) is 0 Å². The van der Waals surface area contributed by atoms with Gasteiger partial charge in [0.15, 0.2) is 11.6 Å². The summed E-state index contributed by atoms with van der Waals surface area (Å²) in [6, 6.07) is 8.19. The monoisotopic (exact) mass is 343 g/mol. The van der Waals surface area contributed by atoms with Crippen molar-refractivity contribution in [3.05, 3.63) is 54.1 Å². The molecule has 132 valence electrons. The van der Waals surface area contributed by atoms with Gasteiger partial charge in [0.25, 0.3) is 0 Å². The van der Waals surface area contributed by atoms with E-state index in [1.165, 1.54) is 30.9 Å². The number of nitrogens with zero attached hydrogens (tertiary/aromatic N) is 2. The standard InChI is InChI=1S/C19H22FN3O2/c1-25-18-12-16(4-5-17(18)20)22-19(24)23-9-6-14(7-10-23)11-15-3-2-8-21-13-15/h2-5,8,12-14H,6-7,9-11H2,1H3,(H,22,24). The van der Waals surface area contributed by atoms with Gasteiger partial charge >= 0.3 is 6.03 Å². The molecule has 2 amide bonds. The topological polar surface area (TPSA) is 54.5 Å². The van der Waals surface area contributed by atoms with E-state index < -0.39 is 5.82 Å². The van der Waals surface area contributed by atoms with Crippen molar-refractivity contribution in [2.45, 2.75) is 19.3 Å². The molecule has 1 saturated heterocycles. The van der Waals surface area contributed by atoms with Crippen molar-refractivity contribution < 1.29 is 13.9 Å². The Kier molecular flexibility index (Phi) is 5.48. The number of likely N-dealkylation sites (tertiary alicyclic amines) is 1. The second-order valence-corrected chi connectivity index (χ2v) is 6.28. The smallest absolute Gasteiger partial charge is 0.321 e. The second kappa shape index (κ2) is 7.96. The van der Waals surface area contributed by atoms with Crippen molar-refractivity contribution in [3.8, 4) is 5.75 Å². The summed E-state index contributed by atoms with van der Waals surface area (Å²) in [6.45, 7) is 1.43. The van der Waals surface area contributed by atoms with Gasteiger partial charge in [-0.3, -0.25) is 4.98 Å². The lowest BCUT2D eigenvalue weighted by Gasteiger charge is -2.32. The van der Waals surface area contributed by atoms with Gasteiger partial charge in [-0.05, 0) is 48.9 Å². The summed E-state index contributed by atoms with van der Waals surface area (Å²) in [5, 5.41) is 2.81. The number of methoxy groups -OCH3 is 1. The molecule has 1 aliphatic rings. The lowest BCUT2D eigenvalue weighted by molar-refractivity contribution is 0.182. The zero-order valence-electron chi connectivity index (χ0n) is 14.2. The Bertz CT molecular complexity index is 716. The summed E-state index contributed by atoms with van der Waals surface area (Å²) >= 11 is 0. The largest absolute Gasteiger partial charge is 0.494 e. The van der Waals surface area contributed by atoms with Crippen LogP contribution in [-0.4, -0.2) is 36.1 Å². The zero-order valence-corrected chi connectivity index (χ0v) is 14.2. The first kappa shape index (κ1) is 17.2. The van der Waals surface area contributed by atoms with E-state index >= 15 is 0 Å². The molecule has 3 rings (SSSR count). The number of hydrogen-bond acceptors (Lipinski definition) is 3. The predicted molar refractivity (Wildman–Crippen MR) is 94.2 cm³/mol. The van der Waals surface area contributed by atoms with E-state index in [2.05, 4.69) is 16.4 Å². The molecule has 1 fully saturated rings. The van der Waals surface area contributed by atoms with E-state index in [9.17, 15) is 9.18 Å². The predicted octanol–water partition coefficient (Wildman–Crippen LogP) is 3.72. The summed E-state index contributed by atoms with van der Waals surface area (Å²) in [4.78, 5) is 18.3. The van der Waals surface area contributed by atoms with Crippen LogP contribution in [0.2, 0.25) is 0 Å². The second-order valence-electron chi connectivity index (χ2n) is 6.28. The van der Waals surface area contributed by atoms with Crippen molar-refractivity contribution in [1.82, 2.24) is 9.88 Å². The number of carbonyl (C=O) groups excluding carboxylic acids is 1. The molecule has 0 saturated carbocycles. The normalized spacial score (nSPS) is 15.0. The van der Waals surface area contributed by atoms with Crippen molar-refractivity contribution >= 4 is 11.7 Å². The van der Waals surface area contributed by atoms with Crippen molar-refractivity contribution in [1.29, 1.82) is 0 Å². The van der Waals surface area contributed by atoms with Crippen LogP contribution in [0.4, 0.5) is 14.9 Å². The van der Waals surface area contributed by atoms with Gasteiger partial charge in [0.2, 0.25) is 0 Å². The number of hydrogen-bond donors (Lipinski definition) is 1. The van der Waals surface area contributed by atoms with Crippen LogP contribution in [0.1, 0.15) is 18.4 Å². The molecule has 2 aromatic rings. The Hall–Kier alpha value is -2.63. The van der Waals surface area contributed by atoms with E-state index in [0.29, 0.717) is 11.6 Å². The number of carbonyl (C=O) groups is 1. The SMILES string of the molecule is COc1cc(NC(=O)N2CCC(Cc3cccnc3)CC2)ccc1F. The maximum absolute atomic E-state index is 13.4. The lowest BCUT2D eigenvalue weighted by atomic mass is 9.91. The average molecular weight is 343 g/mol. The summed E-state index contributed by atoms with van der Waals surface area (Å²) in [7, 11) is 1.40. The quantitative estimate of drug-likeness (QED) is 0.921. The number of piperidine rings is 1. The first-order valence-electron chi connectivity index (χ1n) is 8.44. The van der Waals surface area contributed by atoms with Gasteiger partial charge in [-0.1, -0.05) is 6.07 Å². The van der Waals surface area contributed by atoms with E-state index in [0.717, 1.165) is 32.4 Å². The van der Waals surface area contributed by atoms with Crippen molar-refractivity contribution in [2.24, 2.45) is 5.92 Å². The number of nitrogens with one attached hydrogen (secondary N) is 1. The average Bonchev–Trinajstić information content (AvgIpc) is 2.64. The Morgan fingerprint density at radius 3 is 2.84 bits per heavy atom. The lowest BCUT2D eigenvalue weighted by Crippen LogP contribution is -2.41. The Morgan fingerprint density at radius 1 is 1.36 bits per heavy atom. The minimum absolute atomic E-state index is 0.118. The molecule has 0 atom stereocenters. The number of benzene rings is 1. The Labute approximate surface area is 146 Å². The molecule has 0 bridgehead atoms. The molecule has 0 radical (unpaired) electrons. The molecular formula is C19H22FN3O2. The third-order valence-electron chi connectivity index (χ3n) is 4.55. The van der Waals surface area contributed by atoms with Crippen LogP contribution in [-0.2, 0) is 6.42 Å². The number of urea groups is 1. The molecule has 1 aromatic carbocycles. The minimum Gasteiger partial charge on any atom is -0.494 e. The van der Waals surface area contributed by atoms with Gasteiger partial charge in [-0.25, -0.2) is 9.18 Å². The van der Waals surface area contributed by atoms with Gasteiger partial charge in [0, 0.05) is 37.2 Å². The number of halogens is 1. The number of ether oxygens (including phenoxy) is 1. The van der Waals surface area contributed by atoms with E-state index in [1.807, 2.05) is 12.3 Å². The number of rotatable bonds is 4. The number of anilines is 1. The van der Waals surface area contributed by atoms with Crippen LogP contribution in [0.3, 0.4) is 0 Å². The van der Waals surface area contributed by atoms with E-state index in [4.69, 9.17) is 4.74 Å². The maximum atomic E-state index is 13.4. The number of aromatic nitrogens is 1. The summed E-state index contributed by atoms with van der Waals surface area (Å²) in [5.74, 6) is 0.240. The van der Waals surface area contributed by atoms with Crippen LogP contribution in [0.25, 0.3) is 0 Å². The summed E-state index contributed by atoms with van der Waals surface area (Å²) < 4.78 is 18.4. The molecule has 5 nitrogen and oxygen atoms in total. The number of amides is 2. The van der Waals surface area contributed by atoms with Crippen LogP contribution < -0.4 is 10.1 Å². The molecule has 0 unspecified atom stereocenters. The summed E-state index contributed by atoms with van der Waals surface area (Å²) in [5.41, 5.74) is 1.77. The minimum atomic E-state index is -0.447. The molecule has 1 aromatic heterocycles. The number of pyridine rings is 1. The van der Waals surface area contributed by atoms with Crippen molar-refractivity contribution in [2.75, 3.05) is 25.5 Å². The van der Waals surface area contributed by atoms with Crippen LogP contribution >= 0.6 is 0 Å². The molecule has 6 heteroatoms. The van der Waals surface area contributed by atoms with Gasteiger partial charge in [0.1, 0.15) is 0 Å². The zero-order chi connectivity index (χ0) is 17.6. The highest BCUT2D eigenvalue weighted by Crippen LogP contribution is 2.24. The Balaban J connectivity index is 1.51. The first-order chi connectivity index (χ1) is 12.2. The highest BCUT2D eigenvalue weighted by Gasteiger charge is 2.23. The van der Waals surface area contributed by atoms with Crippen molar-refractivity contribution in [3.63, 3.8) is 0 Å². The molecule has 25 heavy (non-hydrogen) atoms. The van der Waals surface area contributed by atoms with Gasteiger partial charge in [0.05, 0.1) is 7.11 Å². The van der Waals surface area contributed by atoms with Crippen LogP contribution in [0.15, 0.2) is 42.7 Å². The molecular weight excluding hydrogens is 321 g/mol. The Morgan fingerprint density at radius 2 is 2.16 bits per heavy atom. The van der Waals surface area contributed by atoms with Crippen LogP contribution in [0.5, 0.6) is 5.75 Å². The van der Waals surface area contributed by atoms with Gasteiger partial charge < -0.3 is 15.0 Å². The van der Waals surface area contributed by atoms with E-state index in [1.54, 1.807) is 11.1 Å².